The Morgan fingerprint density at radius 3 is 2.55 bits per heavy atom. The largest absolute Gasteiger partial charge is 0.432 e. The number of ether oxygens (including phenoxy) is 1. The van der Waals surface area contributed by atoms with Crippen molar-refractivity contribution in [1.29, 1.82) is 0 Å². The van der Waals surface area contributed by atoms with E-state index >= 15 is 0 Å². The van der Waals surface area contributed by atoms with E-state index in [1.54, 1.807) is 4.68 Å². The summed E-state index contributed by atoms with van der Waals surface area (Å²) in [4.78, 5) is 43.2. The molecule has 10 nitrogen and oxygen atoms in total. The molecule has 5 atom stereocenters. The van der Waals surface area contributed by atoms with E-state index in [1.165, 1.54) is 11.1 Å². The maximum atomic E-state index is 14.9. The second-order valence-corrected chi connectivity index (χ2v) is 19.3. The zero-order valence-electron chi connectivity index (χ0n) is 30.9. The standard InChI is InChI=1S/C40H53N5O5Si/c1-27(2)12-10-13-28(3)19-23-45-35-18-17-31(44-21-11-16-37(44)47)24-33(35)40(39(45)48)29(4)38(51(5,6)49)36(50-40)20-22-43-25-34(41-42-43)32(26-46)30-14-8-7-9-15-30/h7-9,12,14-15,17-19,24-25,29,32,36,38,46,49H,10-11,13,16,20-23,26H2,1-6H3/b28-19+/t29-,32?,36+,38-,40+/m0/s1. The van der Waals surface area contributed by atoms with Crippen LogP contribution >= 0.6 is 0 Å². The predicted octanol–water partition coefficient (Wildman–Crippen LogP) is 6.46. The van der Waals surface area contributed by atoms with E-state index < -0.39 is 20.0 Å². The molecule has 4 heterocycles. The summed E-state index contributed by atoms with van der Waals surface area (Å²) in [5, 5.41) is 19.0. The predicted molar refractivity (Wildman–Crippen MR) is 202 cm³/mol. The van der Waals surface area contributed by atoms with Crippen LogP contribution in [-0.4, -0.2) is 70.8 Å². The van der Waals surface area contributed by atoms with Crippen molar-refractivity contribution >= 4 is 31.5 Å². The van der Waals surface area contributed by atoms with Crippen molar-refractivity contribution in [2.45, 2.75) is 103 Å². The second-order valence-electron chi connectivity index (χ2n) is 15.3. The van der Waals surface area contributed by atoms with Crippen LogP contribution in [0.3, 0.4) is 0 Å². The fourth-order valence-electron chi connectivity index (χ4n) is 8.44. The van der Waals surface area contributed by atoms with Gasteiger partial charge in [0, 0.05) is 55.0 Å². The first-order chi connectivity index (χ1) is 24.3. The van der Waals surface area contributed by atoms with Crippen LogP contribution in [0.1, 0.15) is 82.5 Å². The van der Waals surface area contributed by atoms with Crippen molar-refractivity contribution in [3.05, 3.63) is 94.8 Å². The first kappa shape index (κ1) is 36.9. The summed E-state index contributed by atoms with van der Waals surface area (Å²) in [6.45, 7) is 13.7. The summed E-state index contributed by atoms with van der Waals surface area (Å²) < 4.78 is 8.85. The SMILES string of the molecule is CC(C)=CCC/C(C)=C/CN1C(=O)[C@]2(O[C@H](CCn3cc(C(CO)c4ccccc4)nn3)[C@@H]([Si](C)(C)O)[C@@H]2C)c2cc(N3CCCC3=O)ccc21. The van der Waals surface area contributed by atoms with E-state index in [1.807, 2.05) is 84.5 Å². The van der Waals surface area contributed by atoms with E-state index in [2.05, 4.69) is 43.2 Å². The normalized spacial score (nSPS) is 24.2. The highest BCUT2D eigenvalue weighted by Crippen LogP contribution is 2.60. The molecule has 2 aromatic carbocycles. The Labute approximate surface area is 302 Å². The van der Waals surface area contributed by atoms with Gasteiger partial charge in [-0.3, -0.25) is 14.3 Å². The number of nitrogens with zero attached hydrogens (tertiary/aromatic N) is 5. The molecule has 6 rings (SSSR count). The number of aliphatic hydroxyl groups is 1. The number of carbonyl (C=O) groups is 2. The van der Waals surface area contributed by atoms with Crippen molar-refractivity contribution in [1.82, 2.24) is 15.0 Å². The average Bonchev–Trinajstić information content (AvgIpc) is 3.85. The number of hydrogen-bond donors (Lipinski definition) is 2. The lowest BCUT2D eigenvalue weighted by molar-refractivity contribution is -0.145. The molecule has 1 aromatic heterocycles. The molecular formula is C40H53N5O5Si. The van der Waals surface area contributed by atoms with Gasteiger partial charge < -0.3 is 24.4 Å². The van der Waals surface area contributed by atoms with Crippen LogP contribution in [0.25, 0.3) is 0 Å². The number of allylic oxidation sites excluding steroid dienone is 3. The first-order valence-electron chi connectivity index (χ1n) is 18.4. The zero-order valence-corrected chi connectivity index (χ0v) is 31.9. The van der Waals surface area contributed by atoms with Gasteiger partial charge in [-0.25, -0.2) is 0 Å². The molecule has 272 valence electrons. The van der Waals surface area contributed by atoms with Crippen LogP contribution in [0.4, 0.5) is 11.4 Å². The van der Waals surface area contributed by atoms with Gasteiger partial charge in [-0.05, 0) is 83.3 Å². The summed E-state index contributed by atoms with van der Waals surface area (Å²) in [7, 11) is -2.88. The molecule has 0 saturated carbocycles. The van der Waals surface area contributed by atoms with Crippen LogP contribution in [0.15, 0.2) is 78.0 Å². The van der Waals surface area contributed by atoms with Gasteiger partial charge in [0.15, 0.2) is 13.9 Å². The highest BCUT2D eigenvalue weighted by atomic mass is 28.4. The smallest absolute Gasteiger partial charge is 0.264 e. The Balaban J connectivity index is 1.32. The molecule has 2 saturated heterocycles. The number of aryl methyl sites for hydroxylation is 1. The van der Waals surface area contributed by atoms with Crippen molar-refractivity contribution in [2.24, 2.45) is 5.92 Å². The van der Waals surface area contributed by atoms with E-state index in [9.17, 15) is 19.5 Å². The van der Waals surface area contributed by atoms with Gasteiger partial charge in [0.2, 0.25) is 5.91 Å². The number of benzene rings is 2. The number of aromatic nitrogens is 3. The highest BCUT2D eigenvalue weighted by molar-refractivity contribution is 6.71. The molecular weight excluding hydrogens is 659 g/mol. The average molecular weight is 712 g/mol. The van der Waals surface area contributed by atoms with Gasteiger partial charge >= 0.3 is 0 Å². The minimum absolute atomic E-state index is 0.0862. The lowest BCUT2D eigenvalue weighted by atomic mass is 9.82. The van der Waals surface area contributed by atoms with Gasteiger partial charge in [0.1, 0.15) is 0 Å². The minimum atomic E-state index is -2.88. The molecule has 11 heteroatoms. The van der Waals surface area contributed by atoms with Gasteiger partial charge in [0.25, 0.3) is 5.91 Å². The van der Waals surface area contributed by atoms with Crippen molar-refractivity contribution in [3.8, 4) is 0 Å². The van der Waals surface area contributed by atoms with Crippen LogP contribution in [0.2, 0.25) is 18.6 Å². The lowest BCUT2D eigenvalue weighted by Gasteiger charge is -2.32. The van der Waals surface area contributed by atoms with Crippen LogP contribution in [0.5, 0.6) is 0 Å². The highest BCUT2D eigenvalue weighted by Gasteiger charge is 2.66. The number of aliphatic hydroxyl groups excluding tert-OH is 1. The third-order valence-corrected chi connectivity index (χ3v) is 13.5. The Bertz CT molecular complexity index is 1800. The number of hydrogen-bond acceptors (Lipinski definition) is 7. The van der Waals surface area contributed by atoms with Crippen molar-refractivity contribution < 1.29 is 24.2 Å². The van der Waals surface area contributed by atoms with E-state index in [0.29, 0.717) is 38.2 Å². The Hall–Kier alpha value is -3.90. The van der Waals surface area contributed by atoms with Crippen LogP contribution < -0.4 is 9.80 Å². The number of amides is 2. The maximum absolute atomic E-state index is 14.9. The number of anilines is 2. The van der Waals surface area contributed by atoms with Gasteiger partial charge in [-0.1, -0.05) is 65.8 Å². The number of fused-ring (bicyclic) bond motifs is 2. The van der Waals surface area contributed by atoms with Gasteiger partial charge in [-0.15, -0.1) is 5.10 Å². The zero-order chi connectivity index (χ0) is 36.5. The van der Waals surface area contributed by atoms with Crippen molar-refractivity contribution in [2.75, 3.05) is 29.5 Å². The second kappa shape index (κ2) is 15.0. The van der Waals surface area contributed by atoms with Gasteiger partial charge in [-0.2, -0.15) is 0 Å². The summed E-state index contributed by atoms with van der Waals surface area (Å²) in [6, 6.07) is 15.7. The van der Waals surface area contributed by atoms with E-state index in [-0.39, 0.29) is 35.8 Å². The fourth-order valence-corrected chi connectivity index (χ4v) is 11.0. The minimum Gasteiger partial charge on any atom is -0.432 e. The number of rotatable bonds is 13. The summed E-state index contributed by atoms with van der Waals surface area (Å²) in [5.74, 6) is -0.641. The van der Waals surface area contributed by atoms with Crippen molar-refractivity contribution in [3.63, 3.8) is 0 Å². The molecule has 3 aliphatic rings. The first-order valence-corrected chi connectivity index (χ1v) is 21.4. The summed E-state index contributed by atoms with van der Waals surface area (Å²) in [5.41, 5.74) is 4.95. The number of carbonyl (C=O) groups excluding carboxylic acids is 2. The molecule has 51 heavy (non-hydrogen) atoms. The van der Waals surface area contributed by atoms with Crippen LogP contribution in [-0.2, 0) is 26.5 Å². The molecule has 0 aliphatic carbocycles. The molecule has 0 radical (unpaired) electrons. The Morgan fingerprint density at radius 2 is 1.88 bits per heavy atom. The fraction of sp³-hybridized carbons (Fsp3) is 0.500. The third-order valence-electron chi connectivity index (χ3n) is 11.0. The molecule has 2 fully saturated rings. The maximum Gasteiger partial charge on any atom is 0.264 e. The Kier molecular flexibility index (Phi) is 10.8. The lowest BCUT2D eigenvalue weighted by Crippen LogP contribution is -2.46. The van der Waals surface area contributed by atoms with Crippen LogP contribution in [0, 0.1) is 5.92 Å². The molecule has 2 amide bonds. The van der Waals surface area contributed by atoms with E-state index in [0.717, 1.165) is 41.8 Å². The van der Waals surface area contributed by atoms with Gasteiger partial charge in [0.05, 0.1) is 30.0 Å². The topological polar surface area (TPSA) is 121 Å². The molecule has 1 unspecified atom stereocenters. The Morgan fingerprint density at radius 1 is 1.12 bits per heavy atom. The summed E-state index contributed by atoms with van der Waals surface area (Å²) >= 11 is 0. The molecule has 3 aromatic rings. The quantitative estimate of drug-likeness (QED) is 0.154. The monoisotopic (exact) mass is 711 g/mol. The molecule has 3 aliphatic heterocycles. The summed E-state index contributed by atoms with van der Waals surface area (Å²) in [6.07, 6.45) is 9.50. The molecule has 2 N–H and O–H groups in total. The van der Waals surface area contributed by atoms with E-state index in [4.69, 9.17) is 4.74 Å². The molecule has 0 bridgehead atoms. The molecule has 1 spiro atoms. The third kappa shape index (κ3) is 7.26.